The molecule has 1 saturated heterocycles. The molecule has 4 rings (SSSR count). The van der Waals surface area contributed by atoms with E-state index < -0.39 is 10.0 Å². The fourth-order valence-corrected chi connectivity index (χ4v) is 8.66. The molecular formula is C23H28INO2S. The Morgan fingerprint density at radius 3 is 1.96 bits per heavy atom. The lowest BCUT2D eigenvalue weighted by Gasteiger charge is -2.28. The summed E-state index contributed by atoms with van der Waals surface area (Å²) in [6.07, 6.45) is 5.74. The summed E-state index contributed by atoms with van der Waals surface area (Å²) in [5.41, 5.74) is 2.09. The maximum absolute atomic E-state index is 13.8. The quantitative estimate of drug-likeness (QED) is 0.385. The van der Waals surface area contributed by atoms with E-state index in [-0.39, 0.29) is 17.2 Å². The molecular weight excluding hydrogens is 481 g/mol. The lowest BCUT2D eigenvalue weighted by Crippen LogP contribution is -2.34. The van der Waals surface area contributed by atoms with Crippen molar-refractivity contribution in [2.45, 2.75) is 43.4 Å². The van der Waals surface area contributed by atoms with Gasteiger partial charge in [-0.1, -0.05) is 109 Å². The molecule has 0 amide bonds. The second-order valence-electron chi connectivity index (χ2n) is 8.18. The van der Waals surface area contributed by atoms with E-state index in [1.54, 1.807) is 4.31 Å². The van der Waals surface area contributed by atoms with Crippen LogP contribution in [0.1, 0.15) is 49.3 Å². The highest BCUT2D eigenvalue weighted by Gasteiger charge is 2.49. The van der Waals surface area contributed by atoms with Crippen LogP contribution in [-0.2, 0) is 10.0 Å². The van der Waals surface area contributed by atoms with Crippen molar-refractivity contribution < 1.29 is 8.42 Å². The first kappa shape index (κ1) is 20.4. The van der Waals surface area contributed by atoms with Gasteiger partial charge in [0.2, 0.25) is 10.0 Å². The van der Waals surface area contributed by atoms with Gasteiger partial charge in [0.05, 0.1) is 11.3 Å². The zero-order chi connectivity index (χ0) is 19.6. The van der Waals surface area contributed by atoms with E-state index in [0.29, 0.717) is 12.5 Å². The largest absolute Gasteiger partial charge is 0.218 e. The van der Waals surface area contributed by atoms with Crippen LogP contribution in [0.15, 0.2) is 60.7 Å². The molecule has 2 aliphatic rings. The lowest BCUT2D eigenvalue weighted by molar-refractivity contribution is 0.356. The number of halogens is 1. The lowest BCUT2D eigenvalue weighted by atomic mass is 9.94. The second kappa shape index (κ2) is 8.84. The van der Waals surface area contributed by atoms with Gasteiger partial charge in [-0.25, -0.2) is 8.42 Å². The van der Waals surface area contributed by atoms with E-state index in [2.05, 4.69) is 46.9 Å². The van der Waals surface area contributed by atoms with Crippen LogP contribution in [-0.4, -0.2) is 28.9 Å². The molecule has 0 radical (unpaired) electrons. The standard InChI is InChI=1S/C23H28INO2S/c24-16-21-17-25(28(26,27)22(21)15-18-9-7-8-10-18)23(19-11-3-1-4-12-19)20-13-5-2-6-14-20/h1-6,11-14,18,21-23H,7-10,15-17H2/t21-,22-/m0/s1. The monoisotopic (exact) mass is 509 g/mol. The molecule has 2 atom stereocenters. The van der Waals surface area contributed by atoms with Crippen LogP contribution < -0.4 is 0 Å². The van der Waals surface area contributed by atoms with E-state index in [1.807, 2.05) is 36.4 Å². The highest BCUT2D eigenvalue weighted by Crippen LogP contribution is 2.43. The fourth-order valence-electron chi connectivity index (χ4n) is 4.95. The number of hydrogen-bond donors (Lipinski definition) is 0. The average Bonchev–Trinajstić information content (AvgIpc) is 3.32. The minimum atomic E-state index is -3.34. The minimum Gasteiger partial charge on any atom is -0.212 e. The molecule has 0 aromatic heterocycles. The van der Waals surface area contributed by atoms with E-state index in [9.17, 15) is 8.42 Å². The van der Waals surface area contributed by atoms with Gasteiger partial charge in [0.25, 0.3) is 0 Å². The Balaban J connectivity index is 1.72. The van der Waals surface area contributed by atoms with Gasteiger partial charge in [-0.3, -0.25) is 0 Å². The molecule has 1 heterocycles. The van der Waals surface area contributed by atoms with Crippen LogP contribution in [0.5, 0.6) is 0 Å². The average molecular weight is 509 g/mol. The van der Waals surface area contributed by atoms with Gasteiger partial charge in [0.15, 0.2) is 0 Å². The first-order chi connectivity index (χ1) is 13.6. The fraction of sp³-hybridized carbons (Fsp3) is 0.478. The molecule has 1 aliphatic heterocycles. The molecule has 28 heavy (non-hydrogen) atoms. The van der Waals surface area contributed by atoms with Crippen molar-refractivity contribution in [3.63, 3.8) is 0 Å². The third-order valence-electron chi connectivity index (χ3n) is 6.41. The molecule has 0 bridgehead atoms. The Bertz CT molecular complexity index is 826. The number of alkyl halides is 1. The molecule has 1 aliphatic carbocycles. The van der Waals surface area contributed by atoms with Crippen LogP contribution >= 0.6 is 22.6 Å². The summed E-state index contributed by atoms with van der Waals surface area (Å²) in [7, 11) is -3.34. The summed E-state index contributed by atoms with van der Waals surface area (Å²) in [6.45, 7) is 0.622. The Labute approximate surface area is 182 Å². The maximum Gasteiger partial charge on any atom is 0.218 e. The zero-order valence-electron chi connectivity index (χ0n) is 16.1. The van der Waals surface area contributed by atoms with Crippen LogP contribution in [0, 0.1) is 11.8 Å². The normalized spacial score (nSPS) is 25.5. The summed E-state index contributed by atoms with van der Waals surface area (Å²) in [4.78, 5) is 0. The smallest absolute Gasteiger partial charge is 0.212 e. The van der Waals surface area contributed by atoms with Crippen molar-refractivity contribution in [2.24, 2.45) is 11.8 Å². The second-order valence-corrected chi connectivity index (χ2v) is 11.2. The molecule has 0 spiro atoms. The molecule has 0 N–H and O–H groups in total. The molecule has 3 nitrogen and oxygen atoms in total. The van der Waals surface area contributed by atoms with E-state index in [4.69, 9.17) is 0 Å². The van der Waals surface area contributed by atoms with E-state index >= 15 is 0 Å². The predicted molar refractivity (Wildman–Crippen MR) is 123 cm³/mol. The number of nitrogens with zero attached hydrogens (tertiary/aromatic N) is 1. The van der Waals surface area contributed by atoms with Crippen molar-refractivity contribution in [1.82, 2.24) is 4.31 Å². The SMILES string of the molecule is O=S1(=O)[C@@H](CC2CCCC2)[C@@H](CI)CN1C(c1ccccc1)c1ccccc1. The van der Waals surface area contributed by atoms with Gasteiger partial charge in [-0.15, -0.1) is 0 Å². The van der Waals surface area contributed by atoms with Gasteiger partial charge in [0, 0.05) is 11.0 Å². The Hall–Kier alpha value is -0.920. The van der Waals surface area contributed by atoms with Gasteiger partial charge in [-0.2, -0.15) is 4.31 Å². The summed E-state index contributed by atoms with van der Waals surface area (Å²) in [5, 5.41) is -0.234. The molecule has 150 valence electrons. The van der Waals surface area contributed by atoms with Gasteiger partial charge >= 0.3 is 0 Å². The van der Waals surface area contributed by atoms with Crippen molar-refractivity contribution >= 4 is 32.6 Å². The number of sulfonamides is 1. The summed E-state index contributed by atoms with van der Waals surface area (Å²) in [6, 6.07) is 19.9. The van der Waals surface area contributed by atoms with E-state index in [0.717, 1.165) is 22.0 Å². The van der Waals surface area contributed by atoms with Gasteiger partial charge in [0.1, 0.15) is 0 Å². The molecule has 2 fully saturated rings. The van der Waals surface area contributed by atoms with Crippen molar-refractivity contribution in [3.8, 4) is 0 Å². The van der Waals surface area contributed by atoms with Crippen LogP contribution in [0.4, 0.5) is 0 Å². The summed E-state index contributed by atoms with van der Waals surface area (Å²) < 4.78 is 30.2. The number of benzene rings is 2. The number of hydrogen-bond acceptors (Lipinski definition) is 2. The molecule has 0 unspecified atom stereocenters. The third-order valence-corrected chi connectivity index (χ3v) is 9.89. The van der Waals surface area contributed by atoms with Gasteiger partial charge < -0.3 is 0 Å². The van der Waals surface area contributed by atoms with Crippen molar-refractivity contribution in [1.29, 1.82) is 0 Å². The third kappa shape index (κ3) is 4.03. The Morgan fingerprint density at radius 1 is 0.929 bits per heavy atom. The highest BCUT2D eigenvalue weighted by atomic mass is 127. The first-order valence-corrected chi connectivity index (χ1v) is 13.3. The summed E-state index contributed by atoms with van der Waals surface area (Å²) >= 11 is 2.38. The highest BCUT2D eigenvalue weighted by molar-refractivity contribution is 14.1. The molecule has 5 heteroatoms. The van der Waals surface area contributed by atoms with Crippen LogP contribution in [0.25, 0.3) is 0 Å². The maximum atomic E-state index is 13.8. The van der Waals surface area contributed by atoms with Crippen molar-refractivity contribution in [2.75, 3.05) is 11.0 Å². The molecule has 1 saturated carbocycles. The first-order valence-electron chi connectivity index (χ1n) is 10.3. The van der Waals surface area contributed by atoms with Gasteiger partial charge in [-0.05, 0) is 29.4 Å². The molecule has 2 aromatic carbocycles. The summed E-state index contributed by atoms with van der Waals surface area (Å²) in [5.74, 6) is 0.790. The molecule has 2 aromatic rings. The Morgan fingerprint density at radius 2 is 1.46 bits per heavy atom. The van der Waals surface area contributed by atoms with Crippen LogP contribution in [0.2, 0.25) is 0 Å². The van der Waals surface area contributed by atoms with Crippen LogP contribution in [0.3, 0.4) is 0 Å². The Kier molecular flexibility index (Phi) is 6.43. The van der Waals surface area contributed by atoms with Crippen molar-refractivity contribution in [3.05, 3.63) is 71.8 Å². The zero-order valence-corrected chi connectivity index (χ0v) is 19.1. The number of rotatable bonds is 6. The predicted octanol–water partition coefficient (Wildman–Crippen LogP) is 5.42. The minimum absolute atomic E-state index is 0.209. The topological polar surface area (TPSA) is 37.4 Å². The van der Waals surface area contributed by atoms with E-state index in [1.165, 1.54) is 25.7 Å².